The molecule has 34 heavy (non-hydrogen) atoms. The van der Waals surface area contributed by atoms with E-state index < -0.39 is 0 Å². The zero-order valence-corrected chi connectivity index (χ0v) is 19.0. The van der Waals surface area contributed by atoms with Gasteiger partial charge in [0.1, 0.15) is 22.4 Å². The lowest BCUT2D eigenvalue weighted by Gasteiger charge is -2.31. The molecule has 1 aliphatic rings. The lowest BCUT2D eigenvalue weighted by Crippen LogP contribution is -2.34. The molecule has 0 bridgehead atoms. The number of nitrogens with two attached hydrogens (primary N) is 1. The van der Waals surface area contributed by atoms with Crippen molar-refractivity contribution >= 4 is 27.9 Å². The van der Waals surface area contributed by atoms with E-state index in [4.69, 9.17) is 10.7 Å². The Morgan fingerprint density at radius 2 is 1.88 bits per heavy atom. The average Bonchev–Trinajstić information content (AvgIpc) is 3.31. The molecule has 0 radical (unpaired) electrons. The molecule has 2 N–H and O–H groups in total. The highest BCUT2D eigenvalue weighted by molar-refractivity contribution is 5.99. The summed E-state index contributed by atoms with van der Waals surface area (Å²) in [7, 11) is 0. The first kappa shape index (κ1) is 20.6. The summed E-state index contributed by atoms with van der Waals surface area (Å²) in [6.45, 7) is 4.80. The van der Waals surface area contributed by atoms with Crippen LogP contribution in [0.2, 0.25) is 0 Å². The molecule has 9 nitrogen and oxygen atoms in total. The highest BCUT2D eigenvalue weighted by Crippen LogP contribution is 2.30. The highest BCUT2D eigenvalue weighted by atomic mass is 15.4. The van der Waals surface area contributed by atoms with Crippen LogP contribution in [0.1, 0.15) is 30.1 Å². The Balaban J connectivity index is 1.32. The third kappa shape index (κ3) is 3.73. The van der Waals surface area contributed by atoms with Crippen LogP contribution in [0.5, 0.6) is 0 Å². The summed E-state index contributed by atoms with van der Waals surface area (Å²) >= 11 is 0. The Labute approximate surface area is 196 Å². The molecule has 9 heteroatoms. The van der Waals surface area contributed by atoms with E-state index in [1.165, 1.54) is 0 Å². The molecular weight excluding hydrogens is 426 g/mol. The number of rotatable bonds is 4. The highest BCUT2D eigenvalue weighted by Gasteiger charge is 2.24. The van der Waals surface area contributed by atoms with Gasteiger partial charge in [-0.25, -0.2) is 14.6 Å². The van der Waals surface area contributed by atoms with Crippen molar-refractivity contribution in [3.05, 3.63) is 66.2 Å². The first-order valence-corrected chi connectivity index (χ1v) is 11.5. The van der Waals surface area contributed by atoms with Gasteiger partial charge in [-0.3, -0.25) is 14.9 Å². The number of aryl methyl sites for hydroxylation is 1. The number of pyridine rings is 4. The number of nitrogen functional groups attached to an aromatic ring is 1. The molecule has 0 spiro atoms. The van der Waals surface area contributed by atoms with Gasteiger partial charge >= 0.3 is 0 Å². The Bertz CT molecular complexity index is 1470. The van der Waals surface area contributed by atoms with Crippen molar-refractivity contribution in [1.82, 2.24) is 39.8 Å². The molecule has 5 aromatic rings. The molecule has 1 fully saturated rings. The van der Waals surface area contributed by atoms with Gasteiger partial charge in [0.2, 0.25) is 0 Å². The van der Waals surface area contributed by atoms with Gasteiger partial charge in [-0.1, -0.05) is 11.3 Å². The number of anilines is 1. The van der Waals surface area contributed by atoms with E-state index in [0.29, 0.717) is 5.82 Å². The summed E-state index contributed by atoms with van der Waals surface area (Å²) in [5.41, 5.74) is 13.0. The number of hydrogen-bond donors (Lipinski definition) is 1. The third-order valence-corrected chi connectivity index (χ3v) is 6.57. The summed E-state index contributed by atoms with van der Waals surface area (Å²) in [6.07, 6.45) is 7.39. The molecule has 0 saturated carbocycles. The lowest BCUT2D eigenvalue weighted by molar-refractivity contribution is 0.173. The predicted octanol–water partition coefficient (Wildman–Crippen LogP) is 3.56. The Kier molecular flexibility index (Phi) is 5.10. The largest absolute Gasteiger partial charge is 0.383 e. The summed E-state index contributed by atoms with van der Waals surface area (Å²) in [5, 5.41) is 8.95. The molecule has 0 amide bonds. The van der Waals surface area contributed by atoms with Crippen molar-refractivity contribution < 1.29 is 0 Å². The number of piperidine rings is 1. The SMILES string of the molecule is Cc1cc(-c2ccc3ncc4nnn(C5CCN(Cc6ccccn6)CC5)c4c3n2)cnc1N. The number of fused-ring (bicyclic) bond motifs is 3. The Morgan fingerprint density at radius 3 is 2.68 bits per heavy atom. The van der Waals surface area contributed by atoms with Gasteiger partial charge in [0.25, 0.3) is 0 Å². The zero-order valence-electron chi connectivity index (χ0n) is 19.0. The van der Waals surface area contributed by atoms with Crippen molar-refractivity contribution in [2.45, 2.75) is 32.4 Å². The fraction of sp³-hybridized carbons (Fsp3) is 0.280. The molecule has 0 unspecified atom stereocenters. The lowest BCUT2D eigenvalue weighted by atomic mass is 10.0. The van der Waals surface area contributed by atoms with Gasteiger partial charge < -0.3 is 5.73 Å². The van der Waals surface area contributed by atoms with E-state index >= 15 is 0 Å². The van der Waals surface area contributed by atoms with E-state index in [9.17, 15) is 0 Å². The summed E-state index contributed by atoms with van der Waals surface area (Å²) in [4.78, 5) is 20.8. The maximum absolute atomic E-state index is 5.90. The van der Waals surface area contributed by atoms with Crippen molar-refractivity contribution in [2.24, 2.45) is 0 Å². The van der Waals surface area contributed by atoms with Crippen LogP contribution in [0.4, 0.5) is 5.82 Å². The zero-order chi connectivity index (χ0) is 23.1. The van der Waals surface area contributed by atoms with Crippen molar-refractivity contribution in [3.63, 3.8) is 0 Å². The fourth-order valence-corrected chi connectivity index (χ4v) is 4.67. The number of aromatic nitrogens is 7. The molecule has 1 saturated heterocycles. The van der Waals surface area contributed by atoms with Crippen molar-refractivity contribution in [2.75, 3.05) is 18.8 Å². The minimum atomic E-state index is 0.265. The number of likely N-dealkylation sites (tertiary alicyclic amines) is 1. The normalized spacial score (nSPS) is 15.3. The van der Waals surface area contributed by atoms with Gasteiger partial charge in [0.05, 0.1) is 29.1 Å². The third-order valence-electron chi connectivity index (χ3n) is 6.57. The molecule has 6 rings (SSSR count). The topological polar surface area (TPSA) is 112 Å². The first-order chi connectivity index (χ1) is 16.7. The Hall–Kier alpha value is -3.98. The van der Waals surface area contributed by atoms with E-state index in [2.05, 4.69) is 40.9 Å². The van der Waals surface area contributed by atoms with Gasteiger partial charge in [0, 0.05) is 37.6 Å². The second-order valence-corrected chi connectivity index (χ2v) is 8.84. The van der Waals surface area contributed by atoms with Crippen LogP contribution in [-0.4, -0.2) is 52.9 Å². The molecule has 170 valence electrons. The molecular formula is C25H25N9. The fourth-order valence-electron chi connectivity index (χ4n) is 4.67. The first-order valence-electron chi connectivity index (χ1n) is 11.5. The number of nitrogens with zero attached hydrogens (tertiary/aromatic N) is 8. The second kappa shape index (κ2) is 8.42. The van der Waals surface area contributed by atoms with Crippen molar-refractivity contribution in [3.8, 4) is 11.3 Å². The Morgan fingerprint density at radius 1 is 1.00 bits per heavy atom. The van der Waals surface area contributed by atoms with Crippen LogP contribution in [0.25, 0.3) is 33.3 Å². The molecule has 6 heterocycles. The van der Waals surface area contributed by atoms with Crippen LogP contribution in [0.3, 0.4) is 0 Å². The maximum atomic E-state index is 5.90. The van der Waals surface area contributed by atoms with Gasteiger partial charge in [-0.2, -0.15) is 0 Å². The quantitative estimate of drug-likeness (QED) is 0.441. The monoisotopic (exact) mass is 451 g/mol. The van der Waals surface area contributed by atoms with Gasteiger partial charge in [-0.05, 0) is 55.7 Å². The smallest absolute Gasteiger partial charge is 0.133 e. The van der Waals surface area contributed by atoms with Gasteiger partial charge in [0.15, 0.2) is 0 Å². The van der Waals surface area contributed by atoms with Crippen molar-refractivity contribution in [1.29, 1.82) is 0 Å². The molecule has 5 aromatic heterocycles. The van der Waals surface area contributed by atoms with E-state index in [0.717, 1.165) is 77.1 Å². The molecule has 0 atom stereocenters. The number of hydrogen-bond acceptors (Lipinski definition) is 8. The minimum Gasteiger partial charge on any atom is -0.383 e. The summed E-state index contributed by atoms with van der Waals surface area (Å²) in [6, 6.07) is 12.3. The van der Waals surface area contributed by atoms with Gasteiger partial charge in [-0.15, -0.1) is 5.10 Å². The van der Waals surface area contributed by atoms with Crippen LogP contribution >= 0.6 is 0 Å². The standard InChI is InChI=1S/C25H25N9/c1-16-12-17(13-29-25(16)26)20-5-6-21-23(30-20)24-22(14-28-21)31-32-34(24)19-7-10-33(11-8-19)15-18-4-2-3-9-27-18/h2-6,9,12-14,19H,7-8,10-11,15H2,1H3,(H2,26,29). The van der Waals surface area contributed by atoms with E-state index in [1.807, 2.05) is 43.5 Å². The van der Waals surface area contributed by atoms with E-state index in [1.54, 1.807) is 12.4 Å². The maximum Gasteiger partial charge on any atom is 0.133 e. The summed E-state index contributed by atoms with van der Waals surface area (Å²) < 4.78 is 2.06. The summed E-state index contributed by atoms with van der Waals surface area (Å²) in [5.74, 6) is 0.533. The molecule has 0 aliphatic carbocycles. The average molecular weight is 452 g/mol. The molecule has 0 aromatic carbocycles. The minimum absolute atomic E-state index is 0.265. The van der Waals surface area contributed by atoms with Crippen LogP contribution < -0.4 is 5.73 Å². The predicted molar refractivity (Wildman–Crippen MR) is 131 cm³/mol. The van der Waals surface area contributed by atoms with Crippen LogP contribution in [0, 0.1) is 6.92 Å². The molecule has 1 aliphatic heterocycles. The van der Waals surface area contributed by atoms with E-state index in [-0.39, 0.29) is 6.04 Å². The van der Waals surface area contributed by atoms with Crippen LogP contribution in [-0.2, 0) is 6.54 Å². The van der Waals surface area contributed by atoms with Crippen LogP contribution in [0.15, 0.2) is 55.0 Å². The second-order valence-electron chi connectivity index (χ2n) is 8.84.